The maximum Gasteiger partial charge on any atom is 0.284 e. The lowest BCUT2D eigenvalue weighted by Gasteiger charge is -2.20. The molecule has 9 heteroatoms. The Labute approximate surface area is 167 Å². The van der Waals surface area contributed by atoms with Crippen LogP contribution >= 0.6 is 0 Å². The fourth-order valence-electron chi connectivity index (χ4n) is 3.55. The van der Waals surface area contributed by atoms with Gasteiger partial charge in [0, 0.05) is 13.1 Å². The monoisotopic (exact) mass is 396 g/mol. The fraction of sp³-hybridized carbons (Fsp3) is 0.450. The van der Waals surface area contributed by atoms with Crippen molar-refractivity contribution in [3.05, 3.63) is 40.9 Å². The maximum absolute atomic E-state index is 12.8. The molecule has 3 aromatic rings. The summed E-state index contributed by atoms with van der Waals surface area (Å²) < 4.78 is 8.26. The van der Waals surface area contributed by atoms with E-state index in [9.17, 15) is 9.59 Å². The standard InChI is InChI=1S/C20H24N6O3/c1-2-29-16-9-7-15(8-10-16)26-19-18(22-23-26)20(28)25(14-21-19)13-17(27)24-11-5-3-4-6-12-24/h7-10,14H,2-6,11-13H2,1H3. The van der Waals surface area contributed by atoms with Crippen LogP contribution in [0.15, 0.2) is 35.4 Å². The Morgan fingerprint density at radius 3 is 2.52 bits per heavy atom. The molecule has 0 spiro atoms. The van der Waals surface area contributed by atoms with Crippen molar-refractivity contribution in [3.8, 4) is 11.4 Å². The number of fused-ring (bicyclic) bond motifs is 1. The molecular weight excluding hydrogens is 372 g/mol. The van der Waals surface area contributed by atoms with E-state index in [-0.39, 0.29) is 23.5 Å². The average molecular weight is 396 g/mol. The van der Waals surface area contributed by atoms with Gasteiger partial charge in [0.2, 0.25) is 5.91 Å². The van der Waals surface area contributed by atoms with Crippen LogP contribution < -0.4 is 10.3 Å². The number of ether oxygens (including phenoxy) is 1. The highest BCUT2D eigenvalue weighted by atomic mass is 16.5. The van der Waals surface area contributed by atoms with Crippen molar-refractivity contribution in [1.29, 1.82) is 0 Å². The number of aromatic nitrogens is 5. The number of nitrogens with zero attached hydrogens (tertiary/aromatic N) is 6. The van der Waals surface area contributed by atoms with Crippen LogP contribution in [0.4, 0.5) is 0 Å². The van der Waals surface area contributed by atoms with Gasteiger partial charge in [-0.15, -0.1) is 5.10 Å². The van der Waals surface area contributed by atoms with Crippen molar-refractivity contribution >= 4 is 17.1 Å². The van der Waals surface area contributed by atoms with Gasteiger partial charge in [0.25, 0.3) is 5.56 Å². The molecule has 0 atom stereocenters. The molecule has 0 unspecified atom stereocenters. The molecule has 0 saturated carbocycles. The van der Waals surface area contributed by atoms with E-state index in [1.165, 1.54) is 15.6 Å². The number of hydrogen-bond donors (Lipinski definition) is 0. The first-order valence-electron chi connectivity index (χ1n) is 9.99. The molecule has 0 radical (unpaired) electrons. The molecule has 1 aliphatic heterocycles. The second kappa shape index (κ2) is 8.42. The van der Waals surface area contributed by atoms with Gasteiger partial charge >= 0.3 is 0 Å². The Hall–Kier alpha value is -3.23. The van der Waals surface area contributed by atoms with E-state index in [0.29, 0.717) is 12.3 Å². The van der Waals surface area contributed by atoms with Gasteiger partial charge in [-0.2, -0.15) is 4.68 Å². The van der Waals surface area contributed by atoms with Crippen molar-refractivity contribution in [2.45, 2.75) is 39.2 Å². The number of carbonyl (C=O) groups is 1. The third kappa shape index (κ3) is 3.98. The smallest absolute Gasteiger partial charge is 0.284 e. The molecule has 4 rings (SSSR count). The first-order chi connectivity index (χ1) is 14.2. The zero-order valence-electron chi connectivity index (χ0n) is 16.5. The largest absolute Gasteiger partial charge is 0.494 e. The van der Waals surface area contributed by atoms with Crippen LogP contribution in [0.5, 0.6) is 5.75 Å². The van der Waals surface area contributed by atoms with Crippen LogP contribution in [0.2, 0.25) is 0 Å². The van der Waals surface area contributed by atoms with Gasteiger partial charge in [-0.05, 0) is 44.0 Å². The lowest BCUT2D eigenvalue weighted by atomic mass is 10.2. The van der Waals surface area contributed by atoms with Gasteiger partial charge in [-0.1, -0.05) is 18.1 Å². The molecule has 0 N–H and O–H groups in total. The molecular formula is C20H24N6O3. The molecule has 1 aliphatic rings. The Morgan fingerprint density at radius 1 is 1.10 bits per heavy atom. The minimum atomic E-state index is -0.365. The molecule has 152 valence electrons. The van der Waals surface area contributed by atoms with Gasteiger partial charge in [0.1, 0.15) is 18.6 Å². The van der Waals surface area contributed by atoms with Gasteiger partial charge in [-0.25, -0.2) is 4.98 Å². The molecule has 29 heavy (non-hydrogen) atoms. The summed E-state index contributed by atoms with van der Waals surface area (Å²) in [5, 5.41) is 8.09. The summed E-state index contributed by atoms with van der Waals surface area (Å²) in [4.78, 5) is 31.6. The van der Waals surface area contributed by atoms with Crippen molar-refractivity contribution in [1.82, 2.24) is 29.4 Å². The summed E-state index contributed by atoms with van der Waals surface area (Å²) in [6.07, 6.45) is 5.70. The molecule has 0 aliphatic carbocycles. The topological polar surface area (TPSA) is 95.1 Å². The number of likely N-dealkylation sites (tertiary alicyclic amines) is 1. The lowest BCUT2D eigenvalue weighted by Crippen LogP contribution is -2.37. The van der Waals surface area contributed by atoms with E-state index < -0.39 is 0 Å². The SMILES string of the molecule is CCOc1ccc(-n2nnc3c(=O)n(CC(=O)N4CCCCCC4)cnc32)cc1. The van der Waals surface area contributed by atoms with Gasteiger partial charge < -0.3 is 9.64 Å². The van der Waals surface area contributed by atoms with Crippen molar-refractivity contribution in [2.24, 2.45) is 0 Å². The zero-order valence-corrected chi connectivity index (χ0v) is 16.5. The maximum atomic E-state index is 12.8. The number of amides is 1. The molecule has 9 nitrogen and oxygen atoms in total. The lowest BCUT2D eigenvalue weighted by molar-refractivity contribution is -0.131. The summed E-state index contributed by atoms with van der Waals surface area (Å²) in [6, 6.07) is 7.31. The summed E-state index contributed by atoms with van der Waals surface area (Å²) in [5.41, 5.74) is 0.860. The summed E-state index contributed by atoms with van der Waals surface area (Å²) >= 11 is 0. The minimum Gasteiger partial charge on any atom is -0.494 e. The first-order valence-corrected chi connectivity index (χ1v) is 9.99. The number of rotatable bonds is 5. The normalized spacial score (nSPS) is 14.7. The van der Waals surface area contributed by atoms with Crippen LogP contribution in [0.3, 0.4) is 0 Å². The van der Waals surface area contributed by atoms with E-state index in [2.05, 4.69) is 15.3 Å². The van der Waals surface area contributed by atoms with Crippen molar-refractivity contribution in [3.63, 3.8) is 0 Å². The Morgan fingerprint density at radius 2 is 1.83 bits per heavy atom. The van der Waals surface area contributed by atoms with Gasteiger partial charge in [0.05, 0.1) is 12.3 Å². The quantitative estimate of drug-likeness (QED) is 0.652. The van der Waals surface area contributed by atoms with Gasteiger partial charge in [-0.3, -0.25) is 14.2 Å². The fourth-order valence-corrected chi connectivity index (χ4v) is 3.55. The van der Waals surface area contributed by atoms with Gasteiger partial charge in [0.15, 0.2) is 11.2 Å². The number of benzene rings is 1. The molecule has 1 aromatic carbocycles. The Kier molecular flexibility index (Phi) is 5.55. The van der Waals surface area contributed by atoms with Crippen LogP contribution in [0, 0.1) is 0 Å². The summed E-state index contributed by atoms with van der Waals surface area (Å²) in [5.74, 6) is 0.692. The van der Waals surface area contributed by atoms with E-state index in [1.807, 2.05) is 36.1 Å². The second-order valence-corrected chi connectivity index (χ2v) is 7.07. The first kappa shape index (κ1) is 19.1. The van der Waals surface area contributed by atoms with E-state index >= 15 is 0 Å². The molecule has 3 heterocycles. The van der Waals surface area contributed by atoms with E-state index in [1.54, 1.807) is 0 Å². The Balaban J connectivity index is 1.58. The molecule has 1 fully saturated rings. The number of hydrogen-bond acceptors (Lipinski definition) is 6. The molecule has 1 saturated heterocycles. The number of carbonyl (C=O) groups excluding carboxylic acids is 1. The predicted molar refractivity (Wildman–Crippen MR) is 107 cm³/mol. The van der Waals surface area contributed by atoms with Crippen LogP contribution in [-0.2, 0) is 11.3 Å². The minimum absolute atomic E-state index is 0.0301. The van der Waals surface area contributed by atoms with Crippen molar-refractivity contribution < 1.29 is 9.53 Å². The van der Waals surface area contributed by atoms with E-state index in [0.717, 1.165) is 50.2 Å². The molecule has 2 aromatic heterocycles. The Bertz CT molecular complexity index is 1050. The van der Waals surface area contributed by atoms with Crippen LogP contribution in [-0.4, -0.2) is 55.0 Å². The summed E-state index contributed by atoms with van der Waals surface area (Å²) in [6.45, 7) is 3.97. The predicted octanol–water partition coefficient (Wildman–Crippen LogP) is 1.78. The molecule has 0 bridgehead atoms. The molecule has 1 amide bonds. The van der Waals surface area contributed by atoms with E-state index in [4.69, 9.17) is 4.74 Å². The second-order valence-electron chi connectivity index (χ2n) is 7.07. The highest BCUT2D eigenvalue weighted by molar-refractivity contribution is 5.76. The summed E-state index contributed by atoms with van der Waals surface area (Å²) in [7, 11) is 0. The van der Waals surface area contributed by atoms with Crippen molar-refractivity contribution in [2.75, 3.05) is 19.7 Å². The average Bonchev–Trinajstić information content (AvgIpc) is 2.97. The van der Waals surface area contributed by atoms with Crippen LogP contribution in [0.1, 0.15) is 32.6 Å². The third-order valence-electron chi connectivity index (χ3n) is 5.09. The third-order valence-corrected chi connectivity index (χ3v) is 5.09. The zero-order chi connectivity index (χ0) is 20.2. The highest BCUT2D eigenvalue weighted by Gasteiger charge is 2.19. The van der Waals surface area contributed by atoms with Crippen LogP contribution in [0.25, 0.3) is 16.9 Å². The highest BCUT2D eigenvalue weighted by Crippen LogP contribution is 2.17.